The number of rotatable bonds is 2. The minimum Gasteiger partial charge on any atom is -0.293 e. The molecule has 5 heteroatoms. The molecule has 0 unspecified atom stereocenters. The summed E-state index contributed by atoms with van der Waals surface area (Å²) < 4.78 is 0. The fraction of sp³-hybridized carbons (Fsp3) is 0.412. The number of carbonyl (C=O) groups is 1. The van der Waals surface area contributed by atoms with Gasteiger partial charge in [-0.3, -0.25) is 14.7 Å². The highest BCUT2D eigenvalue weighted by atomic mass is 16.2. The van der Waals surface area contributed by atoms with Gasteiger partial charge in [-0.25, -0.2) is 9.97 Å². The van der Waals surface area contributed by atoms with Crippen molar-refractivity contribution in [3.05, 3.63) is 35.8 Å². The molecule has 4 rings (SSSR count). The molecule has 0 radical (unpaired) electrons. The van der Waals surface area contributed by atoms with Crippen molar-refractivity contribution in [1.29, 1.82) is 0 Å². The molecule has 1 fully saturated rings. The maximum Gasteiger partial charge on any atom is 0.233 e. The van der Waals surface area contributed by atoms with Gasteiger partial charge in [0, 0.05) is 35.3 Å². The largest absolute Gasteiger partial charge is 0.293 e. The van der Waals surface area contributed by atoms with Crippen molar-refractivity contribution >= 4 is 11.7 Å². The van der Waals surface area contributed by atoms with E-state index in [0.29, 0.717) is 18.3 Å². The third kappa shape index (κ3) is 2.08. The summed E-state index contributed by atoms with van der Waals surface area (Å²) in [5.74, 6) is 1.65. The van der Waals surface area contributed by atoms with E-state index in [-0.39, 0.29) is 5.91 Å². The fourth-order valence-corrected chi connectivity index (χ4v) is 3.50. The van der Waals surface area contributed by atoms with Gasteiger partial charge in [-0.05, 0) is 31.9 Å². The summed E-state index contributed by atoms with van der Waals surface area (Å²) in [6, 6.07) is 4.14. The minimum absolute atomic E-state index is 0.169. The maximum atomic E-state index is 12.5. The third-order valence-corrected chi connectivity index (χ3v) is 4.63. The lowest BCUT2D eigenvalue weighted by Crippen LogP contribution is -2.36. The SMILES string of the molecule is Cc1nc(-c2cccnc2)nc2c1CC(=O)N2C1CCCC1. The van der Waals surface area contributed by atoms with Gasteiger partial charge in [-0.15, -0.1) is 0 Å². The molecule has 0 bridgehead atoms. The standard InChI is InChI=1S/C17H18N4O/c1-11-14-9-15(22)21(13-6-2-3-7-13)17(14)20-16(19-11)12-5-4-8-18-10-12/h4-5,8,10,13H,2-3,6-7,9H2,1H3. The highest BCUT2D eigenvalue weighted by molar-refractivity contribution is 6.01. The van der Waals surface area contributed by atoms with Crippen LogP contribution >= 0.6 is 0 Å². The first-order chi connectivity index (χ1) is 10.7. The second-order valence-electron chi connectivity index (χ2n) is 6.06. The van der Waals surface area contributed by atoms with Crippen LogP contribution in [0.5, 0.6) is 0 Å². The first kappa shape index (κ1) is 13.4. The molecule has 112 valence electrons. The average molecular weight is 294 g/mol. The lowest BCUT2D eigenvalue weighted by molar-refractivity contribution is -0.117. The molecule has 1 amide bonds. The van der Waals surface area contributed by atoms with Crippen LogP contribution < -0.4 is 4.90 Å². The Hall–Kier alpha value is -2.30. The number of aryl methyl sites for hydroxylation is 1. The van der Waals surface area contributed by atoms with Crippen LogP contribution in [0.3, 0.4) is 0 Å². The Labute approximate surface area is 129 Å². The molecule has 0 spiro atoms. The summed E-state index contributed by atoms with van der Waals surface area (Å²) in [4.78, 5) is 27.8. The molecule has 2 aromatic heterocycles. The van der Waals surface area contributed by atoms with Crippen LogP contribution in [0.4, 0.5) is 5.82 Å². The Morgan fingerprint density at radius 1 is 1.23 bits per heavy atom. The Morgan fingerprint density at radius 3 is 2.77 bits per heavy atom. The molecular formula is C17H18N4O. The molecule has 1 aliphatic heterocycles. The fourth-order valence-electron chi connectivity index (χ4n) is 3.50. The Balaban J connectivity index is 1.81. The summed E-state index contributed by atoms with van der Waals surface area (Å²) in [5, 5.41) is 0. The second kappa shape index (κ2) is 5.16. The number of carbonyl (C=O) groups excluding carboxylic acids is 1. The zero-order valence-electron chi connectivity index (χ0n) is 12.6. The highest BCUT2D eigenvalue weighted by Crippen LogP contribution is 2.36. The monoisotopic (exact) mass is 294 g/mol. The number of pyridine rings is 1. The zero-order chi connectivity index (χ0) is 15.1. The van der Waals surface area contributed by atoms with Gasteiger partial charge in [0.05, 0.1) is 6.42 Å². The van der Waals surface area contributed by atoms with Crippen LogP contribution in [0.25, 0.3) is 11.4 Å². The lowest BCUT2D eigenvalue weighted by Gasteiger charge is -2.24. The van der Waals surface area contributed by atoms with E-state index in [0.717, 1.165) is 35.5 Å². The second-order valence-corrected chi connectivity index (χ2v) is 6.06. The van der Waals surface area contributed by atoms with Gasteiger partial charge in [-0.2, -0.15) is 0 Å². The summed E-state index contributed by atoms with van der Waals surface area (Å²) in [7, 11) is 0. The number of amides is 1. The van der Waals surface area contributed by atoms with Gasteiger partial charge >= 0.3 is 0 Å². The Morgan fingerprint density at radius 2 is 2.05 bits per heavy atom. The molecule has 2 aromatic rings. The predicted octanol–water partition coefficient (Wildman–Crippen LogP) is 2.68. The maximum absolute atomic E-state index is 12.5. The molecule has 22 heavy (non-hydrogen) atoms. The van der Waals surface area contributed by atoms with Crippen molar-refractivity contribution in [2.24, 2.45) is 0 Å². The summed E-state index contributed by atoms with van der Waals surface area (Å²) in [6.07, 6.45) is 8.49. The lowest BCUT2D eigenvalue weighted by atomic mass is 10.2. The molecular weight excluding hydrogens is 276 g/mol. The molecule has 0 aromatic carbocycles. The van der Waals surface area contributed by atoms with Crippen LogP contribution in [0.15, 0.2) is 24.5 Å². The highest BCUT2D eigenvalue weighted by Gasteiger charge is 2.37. The van der Waals surface area contributed by atoms with Crippen molar-refractivity contribution in [3.8, 4) is 11.4 Å². The van der Waals surface area contributed by atoms with E-state index in [1.54, 1.807) is 12.4 Å². The van der Waals surface area contributed by atoms with Crippen molar-refractivity contribution in [2.45, 2.75) is 45.1 Å². The van der Waals surface area contributed by atoms with E-state index < -0.39 is 0 Å². The topological polar surface area (TPSA) is 59.0 Å². The van der Waals surface area contributed by atoms with Crippen molar-refractivity contribution in [3.63, 3.8) is 0 Å². The predicted molar refractivity (Wildman–Crippen MR) is 83.4 cm³/mol. The Bertz CT molecular complexity index is 723. The number of aromatic nitrogens is 3. The minimum atomic E-state index is 0.169. The van der Waals surface area contributed by atoms with E-state index in [1.807, 2.05) is 24.0 Å². The molecule has 0 saturated heterocycles. The van der Waals surface area contributed by atoms with Crippen molar-refractivity contribution in [2.75, 3.05) is 4.90 Å². The normalized spacial score (nSPS) is 18.0. The zero-order valence-corrected chi connectivity index (χ0v) is 12.6. The van der Waals surface area contributed by atoms with Gasteiger partial charge in [-0.1, -0.05) is 12.8 Å². The smallest absolute Gasteiger partial charge is 0.233 e. The van der Waals surface area contributed by atoms with E-state index in [9.17, 15) is 4.79 Å². The van der Waals surface area contributed by atoms with Gasteiger partial charge in [0.25, 0.3) is 0 Å². The van der Waals surface area contributed by atoms with Gasteiger partial charge in [0.15, 0.2) is 5.82 Å². The number of hydrogen-bond donors (Lipinski definition) is 0. The van der Waals surface area contributed by atoms with E-state index in [4.69, 9.17) is 4.98 Å². The van der Waals surface area contributed by atoms with E-state index in [1.165, 1.54) is 12.8 Å². The third-order valence-electron chi connectivity index (χ3n) is 4.63. The molecule has 5 nitrogen and oxygen atoms in total. The molecule has 1 aliphatic carbocycles. The summed E-state index contributed by atoms with van der Waals surface area (Å²) in [5.41, 5.74) is 2.78. The van der Waals surface area contributed by atoms with Crippen LogP contribution in [0.1, 0.15) is 36.9 Å². The summed E-state index contributed by atoms with van der Waals surface area (Å²) in [6.45, 7) is 1.96. The van der Waals surface area contributed by atoms with Gasteiger partial charge in [0.2, 0.25) is 5.91 Å². The first-order valence-corrected chi connectivity index (χ1v) is 7.84. The average Bonchev–Trinajstić information content (AvgIpc) is 3.15. The Kier molecular flexibility index (Phi) is 3.13. The number of fused-ring (bicyclic) bond motifs is 1. The number of anilines is 1. The number of nitrogens with zero attached hydrogens (tertiary/aromatic N) is 4. The van der Waals surface area contributed by atoms with Crippen molar-refractivity contribution < 1.29 is 4.79 Å². The van der Waals surface area contributed by atoms with Gasteiger partial charge < -0.3 is 0 Å². The van der Waals surface area contributed by atoms with Crippen LogP contribution in [0, 0.1) is 6.92 Å². The molecule has 3 heterocycles. The molecule has 2 aliphatic rings. The first-order valence-electron chi connectivity index (χ1n) is 7.84. The number of hydrogen-bond acceptors (Lipinski definition) is 4. The molecule has 0 N–H and O–H groups in total. The molecule has 0 atom stereocenters. The van der Waals surface area contributed by atoms with Crippen molar-refractivity contribution in [1.82, 2.24) is 15.0 Å². The van der Waals surface area contributed by atoms with Crippen LogP contribution in [0.2, 0.25) is 0 Å². The van der Waals surface area contributed by atoms with E-state index in [2.05, 4.69) is 9.97 Å². The van der Waals surface area contributed by atoms with Crippen LogP contribution in [-0.2, 0) is 11.2 Å². The quantitative estimate of drug-likeness (QED) is 0.854. The van der Waals surface area contributed by atoms with E-state index >= 15 is 0 Å². The summed E-state index contributed by atoms with van der Waals surface area (Å²) >= 11 is 0. The van der Waals surface area contributed by atoms with Gasteiger partial charge in [0.1, 0.15) is 5.82 Å². The molecule has 1 saturated carbocycles. The van der Waals surface area contributed by atoms with Crippen LogP contribution in [-0.4, -0.2) is 26.9 Å².